The van der Waals surface area contributed by atoms with Crippen LogP contribution in [0.15, 0.2) is 24.3 Å². The fourth-order valence-electron chi connectivity index (χ4n) is 3.74. The van der Waals surface area contributed by atoms with Gasteiger partial charge in [-0.2, -0.15) is 0 Å². The molecule has 1 aliphatic carbocycles. The van der Waals surface area contributed by atoms with Gasteiger partial charge in [-0.25, -0.2) is 0 Å². The van der Waals surface area contributed by atoms with Crippen LogP contribution < -0.4 is 0 Å². The van der Waals surface area contributed by atoms with Crippen LogP contribution in [0.5, 0.6) is 0 Å². The zero-order chi connectivity index (χ0) is 17.3. The highest BCUT2D eigenvalue weighted by Gasteiger charge is 2.45. The maximum Gasteiger partial charge on any atom is 0.304 e. The number of hydrogen-bond acceptors (Lipinski definition) is 3. The summed E-state index contributed by atoms with van der Waals surface area (Å²) in [5.74, 6) is -1.28. The average molecular weight is 352 g/mol. The summed E-state index contributed by atoms with van der Waals surface area (Å²) in [5, 5.41) is 19.6. The van der Waals surface area contributed by atoms with Crippen LogP contribution in [0.25, 0.3) is 0 Å². The summed E-state index contributed by atoms with van der Waals surface area (Å²) in [6.45, 7) is -0.0830. The van der Waals surface area contributed by atoms with Crippen molar-refractivity contribution in [2.75, 3.05) is 6.61 Å². The number of piperidine rings is 1. The van der Waals surface area contributed by atoms with E-state index in [0.29, 0.717) is 23.8 Å². The van der Waals surface area contributed by atoms with Gasteiger partial charge in [-0.15, -0.1) is 0 Å². The minimum absolute atomic E-state index is 0.0830. The standard InChI is InChI=1S/C18H22ClNO4/c19-14-6-3-11(4-7-14)15-8-5-13(9-17(22)23)18(24)20(15)16(10-21)12-1-2-12/h3-4,6-7,12-13,15-16,21H,1-2,5,8-10H2,(H,22,23)/t13-,15+,16?/m1/s1. The van der Waals surface area contributed by atoms with Gasteiger partial charge in [0, 0.05) is 10.9 Å². The number of carboxylic acid groups (broad SMARTS) is 1. The van der Waals surface area contributed by atoms with Crippen LogP contribution in [-0.4, -0.2) is 39.6 Å². The maximum atomic E-state index is 13.0. The van der Waals surface area contributed by atoms with E-state index in [1.54, 1.807) is 17.0 Å². The van der Waals surface area contributed by atoms with Gasteiger partial charge < -0.3 is 15.1 Å². The van der Waals surface area contributed by atoms with Crippen LogP contribution in [0.1, 0.15) is 43.7 Å². The predicted molar refractivity (Wildman–Crippen MR) is 89.6 cm³/mol. The molecule has 1 aromatic rings. The SMILES string of the molecule is O=C(O)C[C@H]1CC[C@@H](c2ccc(Cl)cc2)N(C(CO)C2CC2)C1=O. The Morgan fingerprint density at radius 3 is 2.42 bits per heavy atom. The van der Waals surface area contributed by atoms with Crippen molar-refractivity contribution in [2.45, 2.75) is 44.2 Å². The molecule has 1 aliphatic heterocycles. The minimum Gasteiger partial charge on any atom is -0.481 e. The van der Waals surface area contributed by atoms with Crippen LogP contribution in [0.3, 0.4) is 0 Å². The van der Waals surface area contributed by atoms with Crippen LogP contribution in [0.4, 0.5) is 0 Å². The number of halogens is 1. The topological polar surface area (TPSA) is 77.8 Å². The van der Waals surface area contributed by atoms with Crippen LogP contribution in [-0.2, 0) is 9.59 Å². The van der Waals surface area contributed by atoms with E-state index in [4.69, 9.17) is 16.7 Å². The third-order valence-electron chi connectivity index (χ3n) is 5.11. The van der Waals surface area contributed by atoms with Gasteiger partial charge in [-0.05, 0) is 49.3 Å². The fraction of sp³-hybridized carbons (Fsp3) is 0.556. The molecule has 1 saturated heterocycles. The van der Waals surface area contributed by atoms with Crippen molar-refractivity contribution >= 4 is 23.5 Å². The van der Waals surface area contributed by atoms with Gasteiger partial charge in [-0.1, -0.05) is 23.7 Å². The van der Waals surface area contributed by atoms with Crippen molar-refractivity contribution in [3.63, 3.8) is 0 Å². The number of carbonyl (C=O) groups excluding carboxylic acids is 1. The van der Waals surface area contributed by atoms with E-state index in [-0.39, 0.29) is 31.0 Å². The number of aliphatic hydroxyl groups is 1. The molecule has 2 N–H and O–H groups in total. The molecule has 2 aliphatic rings. The molecule has 0 spiro atoms. The van der Waals surface area contributed by atoms with E-state index < -0.39 is 11.9 Å². The van der Waals surface area contributed by atoms with Gasteiger partial charge in [0.15, 0.2) is 0 Å². The molecule has 0 radical (unpaired) electrons. The molecule has 0 aromatic heterocycles. The Morgan fingerprint density at radius 1 is 1.21 bits per heavy atom. The number of hydrogen-bond donors (Lipinski definition) is 2. The molecule has 24 heavy (non-hydrogen) atoms. The molecule has 6 heteroatoms. The molecule has 1 saturated carbocycles. The van der Waals surface area contributed by atoms with Gasteiger partial charge in [0.25, 0.3) is 0 Å². The Hall–Kier alpha value is -1.59. The van der Waals surface area contributed by atoms with Crippen molar-refractivity contribution in [3.8, 4) is 0 Å². The molecule has 130 valence electrons. The molecule has 3 atom stereocenters. The summed E-state index contributed by atoms with van der Waals surface area (Å²) in [5.41, 5.74) is 0.987. The summed E-state index contributed by atoms with van der Waals surface area (Å²) in [7, 11) is 0. The number of carboxylic acids is 1. The van der Waals surface area contributed by atoms with Gasteiger partial charge in [0.1, 0.15) is 0 Å². The molecule has 1 heterocycles. The van der Waals surface area contributed by atoms with Crippen molar-refractivity contribution in [3.05, 3.63) is 34.9 Å². The summed E-state index contributed by atoms with van der Waals surface area (Å²) < 4.78 is 0. The number of aliphatic carboxylic acids is 1. The Kier molecular flexibility index (Phi) is 5.11. The molecule has 0 bridgehead atoms. The first-order valence-electron chi connectivity index (χ1n) is 8.41. The highest BCUT2D eigenvalue weighted by molar-refractivity contribution is 6.30. The van der Waals surface area contributed by atoms with Crippen molar-refractivity contribution in [1.29, 1.82) is 0 Å². The minimum atomic E-state index is -0.954. The van der Waals surface area contributed by atoms with Crippen molar-refractivity contribution in [2.24, 2.45) is 11.8 Å². The Labute approximate surface area is 146 Å². The number of amides is 1. The third kappa shape index (κ3) is 3.57. The highest BCUT2D eigenvalue weighted by atomic mass is 35.5. The second-order valence-corrected chi connectivity index (χ2v) is 7.21. The lowest BCUT2D eigenvalue weighted by Gasteiger charge is -2.44. The monoisotopic (exact) mass is 351 g/mol. The van der Waals surface area contributed by atoms with Crippen LogP contribution >= 0.6 is 11.6 Å². The van der Waals surface area contributed by atoms with E-state index >= 15 is 0 Å². The largest absolute Gasteiger partial charge is 0.481 e. The summed E-state index contributed by atoms with van der Waals surface area (Å²) in [6, 6.07) is 7.06. The highest BCUT2D eigenvalue weighted by Crippen LogP contribution is 2.43. The first-order valence-corrected chi connectivity index (χ1v) is 8.79. The Morgan fingerprint density at radius 2 is 1.88 bits per heavy atom. The predicted octanol–water partition coefficient (Wildman–Crippen LogP) is 2.87. The maximum absolute atomic E-state index is 13.0. The smallest absolute Gasteiger partial charge is 0.304 e. The van der Waals surface area contributed by atoms with Crippen molar-refractivity contribution in [1.82, 2.24) is 4.90 Å². The summed E-state index contributed by atoms with van der Waals surface area (Å²) in [4.78, 5) is 25.8. The van der Waals surface area contributed by atoms with Gasteiger partial charge in [0.05, 0.1) is 25.1 Å². The third-order valence-corrected chi connectivity index (χ3v) is 5.37. The zero-order valence-corrected chi connectivity index (χ0v) is 14.2. The number of likely N-dealkylation sites (tertiary alicyclic amines) is 1. The molecule has 5 nitrogen and oxygen atoms in total. The van der Waals surface area contributed by atoms with E-state index in [9.17, 15) is 14.7 Å². The van der Waals surface area contributed by atoms with Gasteiger partial charge >= 0.3 is 5.97 Å². The number of aliphatic hydroxyl groups excluding tert-OH is 1. The Balaban J connectivity index is 1.90. The fourth-order valence-corrected chi connectivity index (χ4v) is 3.86. The number of rotatable bonds is 6. The molecular weight excluding hydrogens is 330 g/mol. The molecular formula is C18H22ClNO4. The Bertz CT molecular complexity index is 614. The lowest BCUT2D eigenvalue weighted by molar-refractivity contribution is -0.152. The first kappa shape index (κ1) is 17.2. The van der Waals surface area contributed by atoms with Crippen LogP contribution in [0, 0.1) is 11.8 Å². The molecule has 3 rings (SSSR count). The quantitative estimate of drug-likeness (QED) is 0.826. The van der Waals surface area contributed by atoms with Crippen molar-refractivity contribution < 1.29 is 19.8 Å². The zero-order valence-electron chi connectivity index (χ0n) is 13.4. The normalized spacial score (nSPS) is 25.6. The lowest BCUT2D eigenvalue weighted by atomic mass is 9.85. The average Bonchev–Trinajstić information content (AvgIpc) is 3.37. The number of carbonyl (C=O) groups is 2. The van der Waals surface area contributed by atoms with Gasteiger partial charge in [0.2, 0.25) is 5.91 Å². The second kappa shape index (κ2) is 7.11. The van der Waals surface area contributed by atoms with Crippen LogP contribution in [0.2, 0.25) is 5.02 Å². The first-order chi connectivity index (χ1) is 11.5. The van der Waals surface area contributed by atoms with Gasteiger partial charge in [-0.3, -0.25) is 9.59 Å². The molecule has 1 aromatic carbocycles. The second-order valence-electron chi connectivity index (χ2n) is 6.77. The molecule has 1 unspecified atom stereocenters. The lowest BCUT2D eigenvalue weighted by Crippen LogP contribution is -2.51. The van der Waals surface area contributed by atoms with E-state index in [0.717, 1.165) is 18.4 Å². The molecule has 2 fully saturated rings. The van der Waals surface area contributed by atoms with E-state index in [1.807, 2.05) is 12.1 Å². The van der Waals surface area contributed by atoms with E-state index in [2.05, 4.69) is 0 Å². The summed E-state index contributed by atoms with van der Waals surface area (Å²) in [6.07, 6.45) is 3.12. The summed E-state index contributed by atoms with van der Waals surface area (Å²) >= 11 is 5.96. The molecule has 1 amide bonds. The number of nitrogens with zero attached hydrogens (tertiary/aromatic N) is 1. The van der Waals surface area contributed by atoms with E-state index in [1.165, 1.54) is 0 Å². The number of benzene rings is 1.